The number of carbonyl (C=O) groups excluding carboxylic acids is 1. The van der Waals surface area contributed by atoms with Gasteiger partial charge < -0.3 is 10.8 Å². The zero-order valence-corrected chi connectivity index (χ0v) is 8.93. The van der Waals surface area contributed by atoms with Gasteiger partial charge >= 0.3 is 5.97 Å². The summed E-state index contributed by atoms with van der Waals surface area (Å²) in [6.45, 7) is 0.206. The Labute approximate surface area is 94.1 Å². The number of rotatable bonds is 6. The van der Waals surface area contributed by atoms with E-state index in [2.05, 4.69) is 0 Å². The van der Waals surface area contributed by atoms with E-state index in [1.807, 2.05) is 18.2 Å². The van der Waals surface area contributed by atoms with Gasteiger partial charge in [0.05, 0.1) is 0 Å². The highest BCUT2D eigenvalue weighted by Crippen LogP contribution is 2.09. The van der Waals surface area contributed by atoms with E-state index in [0.717, 1.165) is 5.56 Å². The largest absolute Gasteiger partial charge is 0.481 e. The monoisotopic (exact) mass is 221 g/mol. The minimum Gasteiger partial charge on any atom is -0.481 e. The molecule has 0 saturated heterocycles. The van der Waals surface area contributed by atoms with Crippen molar-refractivity contribution in [2.75, 3.05) is 6.54 Å². The first-order chi connectivity index (χ1) is 7.65. The Morgan fingerprint density at radius 3 is 2.38 bits per heavy atom. The zero-order chi connectivity index (χ0) is 12.0. The standard InChI is InChI=1S/C12H15NO3/c13-7-6-10(12(15)16)11(14)8-9-4-2-1-3-5-9/h1-5,10H,6-8,13H2,(H,15,16). The van der Waals surface area contributed by atoms with Crippen LogP contribution < -0.4 is 5.73 Å². The first kappa shape index (κ1) is 12.4. The molecule has 0 aliphatic rings. The van der Waals surface area contributed by atoms with Crippen LogP contribution in [0.5, 0.6) is 0 Å². The molecule has 0 saturated carbocycles. The number of carbonyl (C=O) groups is 2. The maximum Gasteiger partial charge on any atom is 0.314 e. The lowest BCUT2D eigenvalue weighted by Gasteiger charge is -2.09. The number of nitrogens with two attached hydrogens (primary N) is 1. The van der Waals surface area contributed by atoms with Crippen LogP contribution in [0.25, 0.3) is 0 Å². The van der Waals surface area contributed by atoms with E-state index in [9.17, 15) is 9.59 Å². The van der Waals surface area contributed by atoms with Gasteiger partial charge in [-0.25, -0.2) is 0 Å². The van der Waals surface area contributed by atoms with Crippen molar-refractivity contribution in [3.63, 3.8) is 0 Å². The zero-order valence-electron chi connectivity index (χ0n) is 8.93. The second-order valence-corrected chi connectivity index (χ2v) is 3.60. The highest BCUT2D eigenvalue weighted by atomic mass is 16.4. The summed E-state index contributed by atoms with van der Waals surface area (Å²) in [5.41, 5.74) is 6.11. The highest BCUT2D eigenvalue weighted by molar-refractivity contribution is 5.99. The van der Waals surface area contributed by atoms with Gasteiger partial charge in [-0.15, -0.1) is 0 Å². The Bertz CT molecular complexity index is 362. The van der Waals surface area contributed by atoms with Crippen LogP contribution in [0.3, 0.4) is 0 Å². The van der Waals surface area contributed by atoms with Gasteiger partial charge in [-0.2, -0.15) is 0 Å². The number of aliphatic carboxylic acids is 1. The predicted molar refractivity (Wildman–Crippen MR) is 60.0 cm³/mol. The molecule has 0 aliphatic heterocycles. The van der Waals surface area contributed by atoms with Crippen molar-refractivity contribution in [2.24, 2.45) is 11.7 Å². The normalized spacial score (nSPS) is 12.1. The number of hydrogen-bond acceptors (Lipinski definition) is 3. The number of benzene rings is 1. The smallest absolute Gasteiger partial charge is 0.314 e. The van der Waals surface area contributed by atoms with Crippen LogP contribution in [0.1, 0.15) is 12.0 Å². The first-order valence-corrected chi connectivity index (χ1v) is 5.14. The quantitative estimate of drug-likeness (QED) is 0.698. The van der Waals surface area contributed by atoms with Crippen molar-refractivity contribution in [3.05, 3.63) is 35.9 Å². The maximum atomic E-state index is 11.7. The van der Waals surface area contributed by atoms with Crippen molar-refractivity contribution in [1.29, 1.82) is 0 Å². The summed E-state index contributed by atoms with van der Waals surface area (Å²) < 4.78 is 0. The number of carboxylic acids is 1. The molecule has 0 radical (unpaired) electrons. The summed E-state index contributed by atoms with van der Waals surface area (Å²) in [6, 6.07) is 9.10. The summed E-state index contributed by atoms with van der Waals surface area (Å²) in [7, 11) is 0. The summed E-state index contributed by atoms with van der Waals surface area (Å²) >= 11 is 0. The van der Waals surface area contributed by atoms with Crippen molar-refractivity contribution in [1.82, 2.24) is 0 Å². The van der Waals surface area contributed by atoms with E-state index in [4.69, 9.17) is 10.8 Å². The van der Waals surface area contributed by atoms with Gasteiger partial charge in [0.1, 0.15) is 5.92 Å². The third kappa shape index (κ3) is 3.47. The molecule has 86 valence electrons. The third-order valence-electron chi connectivity index (χ3n) is 2.36. The van der Waals surface area contributed by atoms with Crippen LogP contribution >= 0.6 is 0 Å². The van der Waals surface area contributed by atoms with E-state index in [1.165, 1.54) is 0 Å². The molecule has 16 heavy (non-hydrogen) atoms. The predicted octanol–water partition coefficient (Wildman–Crippen LogP) is 0.848. The minimum atomic E-state index is -1.09. The van der Waals surface area contributed by atoms with Crippen molar-refractivity contribution < 1.29 is 14.7 Å². The second-order valence-electron chi connectivity index (χ2n) is 3.60. The van der Waals surface area contributed by atoms with Crippen molar-refractivity contribution in [2.45, 2.75) is 12.8 Å². The molecule has 1 rings (SSSR count). The second kappa shape index (κ2) is 6.02. The Morgan fingerprint density at radius 1 is 1.25 bits per heavy atom. The molecule has 0 heterocycles. The Morgan fingerprint density at radius 2 is 1.88 bits per heavy atom. The molecule has 1 aromatic rings. The molecule has 0 spiro atoms. The van der Waals surface area contributed by atoms with E-state index >= 15 is 0 Å². The molecule has 1 unspecified atom stereocenters. The van der Waals surface area contributed by atoms with E-state index in [-0.39, 0.29) is 25.2 Å². The minimum absolute atomic E-state index is 0.151. The van der Waals surface area contributed by atoms with Crippen LogP contribution in [-0.2, 0) is 16.0 Å². The third-order valence-corrected chi connectivity index (χ3v) is 2.36. The maximum absolute atomic E-state index is 11.7. The molecule has 0 bridgehead atoms. The topological polar surface area (TPSA) is 80.4 Å². The molecule has 0 aliphatic carbocycles. The van der Waals surface area contributed by atoms with Gasteiger partial charge in [-0.3, -0.25) is 9.59 Å². The first-order valence-electron chi connectivity index (χ1n) is 5.14. The SMILES string of the molecule is NCCC(C(=O)O)C(=O)Cc1ccccc1. The van der Waals surface area contributed by atoms with Crippen LogP contribution in [0.2, 0.25) is 0 Å². The Balaban J connectivity index is 2.66. The van der Waals surface area contributed by atoms with Crippen LogP contribution in [-0.4, -0.2) is 23.4 Å². The Kier molecular flexibility index (Phi) is 4.66. The molecule has 0 amide bonds. The van der Waals surface area contributed by atoms with Gasteiger partial charge in [-0.05, 0) is 18.5 Å². The fraction of sp³-hybridized carbons (Fsp3) is 0.333. The average molecular weight is 221 g/mol. The highest BCUT2D eigenvalue weighted by Gasteiger charge is 2.24. The summed E-state index contributed by atoms with van der Waals surface area (Å²) in [5.74, 6) is -2.36. The van der Waals surface area contributed by atoms with Crippen LogP contribution in [0.15, 0.2) is 30.3 Å². The lowest BCUT2D eigenvalue weighted by atomic mass is 9.95. The van der Waals surface area contributed by atoms with Crippen molar-refractivity contribution in [3.8, 4) is 0 Å². The van der Waals surface area contributed by atoms with Crippen molar-refractivity contribution >= 4 is 11.8 Å². The van der Waals surface area contributed by atoms with Crippen LogP contribution in [0.4, 0.5) is 0 Å². The summed E-state index contributed by atoms with van der Waals surface area (Å²) in [6.07, 6.45) is 0.346. The van der Waals surface area contributed by atoms with Gasteiger partial charge in [-0.1, -0.05) is 30.3 Å². The van der Waals surface area contributed by atoms with Gasteiger partial charge in [0.15, 0.2) is 5.78 Å². The van der Waals surface area contributed by atoms with Gasteiger partial charge in [0.2, 0.25) is 0 Å². The number of ketones is 1. The Hall–Kier alpha value is -1.68. The fourth-order valence-corrected chi connectivity index (χ4v) is 1.51. The molecule has 3 N–H and O–H groups in total. The lowest BCUT2D eigenvalue weighted by Crippen LogP contribution is -2.27. The van der Waals surface area contributed by atoms with E-state index < -0.39 is 11.9 Å². The fourth-order valence-electron chi connectivity index (χ4n) is 1.51. The van der Waals surface area contributed by atoms with E-state index in [0.29, 0.717) is 0 Å². The van der Waals surface area contributed by atoms with Crippen LogP contribution in [0, 0.1) is 5.92 Å². The summed E-state index contributed by atoms with van der Waals surface area (Å²) in [4.78, 5) is 22.6. The molecule has 1 aromatic carbocycles. The van der Waals surface area contributed by atoms with E-state index in [1.54, 1.807) is 12.1 Å². The molecule has 0 aromatic heterocycles. The average Bonchev–Trinajstić information content (AvgIpc) is 2.26. The number of carboxylic acid groups (broad SMARTS) is 1. The summed E-state index contributed by atoms with van der Waals surface area (Å²) in [5, 5.41) is 8.88. The lowest BCUT2D eigenvalue weighted by molar-refractivity contribution is -0.146. The molecular weight excluding hydrogens is 206 g/mol. The molecule has 1 atom stereocenters. The molecule has 4 heteroatoms. The molecule has 0 fully saturated rings. The van der Waals surface area contributed by atoms with Gasteiger partial charge in [0.25, 0.3) is 0 Å². The number of hydrogen-bond donors (Lipinski definition) is 2. The molecular formula is C12H15NO3. The molecule has 4 nitrogen and oxygen atoms in total. The number of Topliss-reactive ketones (excluding diaryl/α,β-unsaturated/α-hetero) is 1. The van der Waals surface area contributed by atoms with Gasteiger partial charge in [0, 0.05) is 6.42 Å².